The molecule has 0 fully saturated rings. The second-order valence-electron chi connectivity index (χ2n) is 3.33. The highest BCUT2D eigenvalue weighted by Crippen LogP contribution is 2.05. The van der Waals surface area contributed by atoms with E-state index in [1.165, 1.54) is 6.08 Å². The lowest BCUT2D eigenvalue weighted by Gasteiger charge is -2.02. The molecule has 0 aliphatic rings. The van der Waals surface area contributed by atoms with Crippen molar-refractivity contribution in [1.29, 1.82) is 0 Å². The van der Waals surface area contributed by atoms with Gasteiger partial charge in [0, 0.05) is 36.4 Å². The summed E-state index contributed by atoms with van der Waals surface area (Å²) < 4.78 is 1.74. The van der Waals surface area contributed by atoms with Gasteiger partial charge in [0.25, 0.3) is 0 Å². The minimum absolute atomic E-state index is 0.507. The summed E-state index contributed by atoms with van der Waals surface area (Å²) >= 11 is 0. The number of aromatic nitrogens is 4. The van der Waals surface area contributed by atoms with Crippen molar-refractivity contribution in [3.05, 3.63) is 42.3 Å². The maximum Gasteiger partial charge on any atom is 0.328 e. The van der Waals surface area contributed by atoms with Crippen LogP contribution in [0.1, 0.15) is 11.4 Å². The minimum atomic E-state index is -1.00. The van der Waals surface area contributed by atoms with Crippen LogP contribution in [0.2, 0.25) is 0 Å². The van der Waals surface area contributed by atoms with Gasteiger partial charge in [0.2, 0.25) is 5.95 Å². The molecule has 86 valence electrons. The average Bonchev–Trinajstić information content (AvgIpc) is 2.73. The van der Waals surface area contributed by atoms with Crippen molar-refractivity contribution in [2.75, 3.05) is 0 Å². The normalized spacial score (nSPS) is 10.9. The van der Waals surface area contributed by atoms with Gasteiger partial charge in [-0.05, 0) is 13.0 Å². The third kappa shape index (κ3) is 2.54. The molecule has 0 radical (unpaired) electrons. The lowest BCUT2D eigenvalue weighted by atomic mass is 10.3. The van der Waals surface area contributed by atoms with Crippen LogP contribution >= 0.6 is 0 Å². The predicted octanol–water partition coefficient (Wildman–Crippen LogP) is 1.07. The summed E-state index contributed by atoms with van der Waals surface area (Å²) in [6, 6.07) is 0. The maximum atomic E-state index is 10.3. The number of carboxylic acid groups (broad SMARTS) is 1. The van der Waals surface area contributed by atoms with E-state index in [9.17, 15) is 4.79 Å². The summed E-state index contributed by atoms with van der Waals surface area (Å²) in [5, 5.41) is 8.48. The minimum Gasteiger partial charge on any atom is -0.478 e. The average molecular weight is 230 g/mol. The van der Waals surface area contributed by atoms with E-state index in [1.807, 2.05) is 6.92 Å². The lowest BCUT2D eigenvalue weighted by Crippen LogP contribution is -2.01. The van der Waals surface area contributed by atoms with E-state index in [0.717, 1.165) is 11.9 Å². The first-order valence-corrected chi connectivity index (χ1v) is 4.90. The van der Waals surface area contributed by atoms with Crippen molar-refractivity contribution in [2.45, 2.75) is 6.92 Å². The Kier molecular flexibility index (Phi) is 2.95. The fourth-order valence-corrected chi connectivity index (χ4v) is 1.30. The van der Waals surface area contributed by atoms with E-state index in [0.29, 0.717) is 11.5 Å². The monoisotopic (exact) mass is 230 g/mol. The molecule has 0 aliphatic heterocycles. The molecule has 0 saturated heterocycles. The van der Waals surface area contributed by atoms with Crippen LogP contribution < -0.4 is 0 Å². The Balaban J connectivity index is 2.25. The zero-order valence-electron chi connectivity index (χ0n) is 9.11. The van der Waals surface area contributed by atoms with Crippen LogP contribution in [0.4, 0.5) is 0 Å². The van der Waals surface area contributed by atoms with Gasteiger partial charge in [0.05, 0.1) is 0 Å². The van der Waals surface area contributed by atoms with Gasteiger partial charge in [0.1, 0.15) is 5.82 Å². The van der Waals surface area contributed by atoms with Crippen molar-refractivity contribution in [2.24, 2.45) is 0 Å². The highest BCUT2D eigenvalue weighted by atomic mass is 16.4. The Hall–Kier alpha value is -2.50. The highest BCUT2D eigenvalue weighted by molar-refractivity contribution is 5.85. The van der Waals surface area contributed by atoms with Crippen LogP contribution in [-0.4, -0.2) is 30.6 Å². The summed E-state index contributed by atoms with van der Waals surface area (Å²) in [7, 11) is 0. The van der Waals surface area contributed by atoms with Crippen molar-refractivity contribution in [1.82, 2.24) is 19.5 Å². The summed E-state index contributed by atoms with van der Waals surface area (Å²) in [5.74, 6) is 0.297. The standard InChI is InChI=1S/C11H10N4O2/c1-8-12-4-5-15(8)11-13-6-9(7-14-11)2-3-10(16)17/h2-7H,1H3,(H,16,17)/b3-2+. The smallest absolute Gasteiger partial charge is 0.328 e. The van der Waals surface area contributed by atoms with Crippen LogP contribution in [0.25, 0.3) is 12.0 Å². The SMILES string of the molecule is Cc1nccn1-c1ncc(/C=C/C(=O)O)cn1. The van der Waals surface area contributed by atoms with Gasteiger partial charge in [-0.1, -0.05) is 0 Å². The lowest BCUT2D eigenvalue weighted by molar-refractivity contribution is -0.131. The number of rotatable bonds is 3. The zero-order valence-corrected chi connectivity index (χ0v) is 9.11. The quantitative estimate of drug-likeness (QED) is 0.797. The molecule has 6 heteroatoms. The van der Waals surface area contributed by atoms with Crippen molar-refractivity contribution >= 4 is 12.0 Å². The Bertz CT molecular complexity index is 557. The number of hydrogen-bond acceptors (Lipinski definition) is 4. The van der Waals surface area contributed by atoms with Gasteiger partial charge in [-0.15, -0.1) is 0 Å². The van der Waals surface area contributed by atoms with Gasteiger partial charge in [0.15, 0.2) is 0 Å². The number of carboxylic acids is 1. The number of aryl methyl sites for hydroxylation is 1. The molecule has 2 aromatic rings. The van der Waals surface area contributed by atoms with Crippen LogP contribution in [-0.2, 0) is 4.79 Å². The van der Waals surface area contributed by atoms with Crippen molar-refractivity contribution < 1.29 is 9.90 Å². The Labute approximate surface area is 97.3 Å². The van der Waals surface area contributed by atoms with E-state index in [1.54, 1.807) is 29.4 Å². The molecule has 0 aliphatic carbocycles. The Morgan fingerprint density at radius 1 is 1.35 bits per heavy atom. The van der Waals surface area contributed by atoms with Gasteiger partial charge in [-0.2, -0.15) is 0 Å². The van der Waals surface area contributed by atoms with Crippen molar-refractivity contribution in [3.8, 4) is 5.95 Å². The fraction of sp³-hybridized carbons (Fsp3) is 0.0909. The van der Waals surface area contributed by atoms with E-state index in [-0.39, 0.29) is 0 Å². The second-order valence-corrected chi connectivity index (χ2v) is 3.33. The molecule has 0 unspecified atom stereocenters. The van der Waals surface area contributed by atoms with E-state index >= 15 is 0 Å². The first-order chi connectivity index (χ1) is 8.16. The van der Waals surface area contributed by atoms with E-state index in [2.05, 4.69) is 15.0 Å². The number of hydrogen-bond donors (Lipinski definition) is 1. The third-order valence-corrected chi connectivity index (χ3v) is 2.12. The molecule has 0 bridgehead atoms. The first-order valence-electron chi connectivity index (χ1n) is 4.90. The molecule has 0 amide bonds. The fourth-order valence-electron chi connectivity index (χ4n) is 1.30. The van der Waals surface area contributed by atoms with Gasteiger partial charge in [-0.25, -0.2) is 19.7 Å². The Morgan fingerprint density at radius 2 is 2.06 bits per heavy atom. The maximum absolute atomic E-state index is 10.3. The molecule has 6 nitrogen and oxygen atoms in total. The van der Waals surface area contributed by atoms with Gasteiger partial charge in [-0.3, -0.25) is 4.57 Å². The molecule has 2 heterocycles. The summed E-state index contributed by atoms with van der Waals surface area (Å²) in [6.07, 6.45) is 9.02. The van der Waals surface area contributed by atoms with Crippen molar-refractivity contribution in [3.63, 3.8) is 0 Å². The number of nitrogens with zero attached hydrogens (tertiary/aromatic N) is 4. The van der Waals surface area contributed by atoms with Gasteiger partial charge < -0.3 is 5.11 Å². The predicted molar refractivity (Wildman–Crippen MR) is 60.6 cm³/mol. The molecular weight excluding hydrogens is 220 g/mol. The number of aliphatic carboxylic acids is 1. The van der Waals surface area contributed by atoms with Crippen LogP contribution in [0.5, 0.6) is 0 Å². The van der Waals surface area contributed by atoms with E-state index < -0.39 is 5.97 Å². The Morgan fingerprint density at radius 3 is 2.59 bits per heavy atom. The highest BCUT2D eigenvalue weighted by Gasteiger charge is 2.02. The van der Waals surface area contributed by atoms with Gasteiger partial charge >= 0.3 is 5.97 Å². The molecular formula is C11H10N4O2. The molecule has 2 aromatic heterocycles. The number of imidazole rings is 1. The summed E-state index contributed by atoms with van der Waals surface area (Å²) in [6.45, 7) is 1.85. The molecule has 0 saturated carbocycles. The molecule has 1 N–H and O–H groups in total. The third-order valence-electron chi connectivity index (χ3n) is 2.12. The molecule has 0 atom stereocenters. The van der Waals surface area contributed by atoms with E-state index in [4.69, 9.17) is 5.11 Å². The largest absolute Gasteiger partial charge is 0.478 e. The number of carbonyl (C=O) groups is 1. The molecule has 2 rings (SSSR count). The first kappa shape index (κ1) is 11.0. The topological polar surface area (TPSA) is 80.9 Å². The molecule has 17 heavy (non-hydrogen) atoms. The van der Waals surface area contributed by atoms with Crippen LogP contribution in [0.3, 0.4) is 0 Å². The van der Waals surface area contributed by atoms with Crippen LogP contribution in [0.15, 0.2) is 30.9 Å². The van der Waals surface area contributed by atoms with Crippen LogP contribution in [0, 0.1) is 6.92 Å². The molecule has 0 aromatic carbocycles. The molecule has 0 spiro atoms. The zero-order chi connectivity index (χ0) is 12.3. The summed E-state index contributed by atoms with van der Waals surface area (Å²) in [4.78, 5) is 22.7. The second kappa shape index (κ2) is 4.56. The summed E-state index contributed by atoms with van der Waals surface area (Å²) in [5.41, 5.74) is 0.633.